The van der Waals surface area contributed by atoms with Gasteiger partial charge in [-0.05, 0) is 24.3 Å². The molecule has 0 aromatic heterocycles. The third-order valence-electron chi connectivity index (χ3n) is 2.41. The summed E-state index contributed by atoms with van der Waals surface area (Å²) in [6.07, 6.45) is 1.56. The van der Waals surface area contributed by atoms with Gasteiger partial charge >= 0.3 is 5.97 Å². The summed E-state index contributed by atoms with van der Waals surface area (Å²) in [7, 11) is 0. The van der Waals surface area contributed by atoms with Gasteiger partial charge in [0.2, 0.25) is 0 Å². The average molecular weight is 270 g/mol. The Morgan fingerprint density at radius 2 is 1.79 bits per heavy atom. The molecule has 2 aromatic carbocycles. The summed E-state index contributed by atoms with van der Waals surface area (Å²) in [5.41, 5.74) is 0.582. The first-order valence-electron chi connectivity index (χ1n) is 5.91. The van der Waals surface area contributed by atoms with Crippen molar-refractivity contribution in [3.8, 4) is 0 Å². The fraction of sp³-hybridized carbons (Fsp3) is 0.0625. The van der Waals surface area contributed by atoms with Gasteiger partial charge in [0.25, 0.3) is 0 Å². The third-order valence-corrected chi connectivity index (χ3v) is 3.49. The van der Waals surface area contributed by atoms with Crippen molar-refractivity contribution >= 4 is 17.7 Å². The molecule has 0 saturated carbocycles. The maximum Gasteiger partial charge on any atom is 0.339 e. The van der Waals surface area contributed by atoms with Crippen LogP contribution in [0.3, 0.4) is 0 Å². The van der Waals surface area contributed by atoms with E-state index in [1.165, 1.54) is 0 Å². The fourth-order valence-corrected chi connectivity index (χ4v) is 2.51. The lowest BCUT2D eigenvalue weighted by Gasteiger charge is -2.08. The topological polar surface area (TPSA) is 26.3 Å². The van der Waals surface area contributed by atoms with Gasteiger partial charge in [0.1, 0.15) is 6.61 Å². The number of esters is 1. The lowest BCUT2D eigenvalue weighted by atomic mass is 10.2. The van der Waals surface area contributed by atoms with Crippen LogP contribution in [-0.2, 0) is 4.74 Å². The summed E-state index contributed by atoms with van der Waals surface area (Å²) in [6.45, 7) is 3.76. The molecule has 0 saturated heterocycles. The second-order valence-electron chi connectivity index (χ2n) is 3.80. The van der Waals surface area contributed by atoms with Gasteiger partial charge in [-0.15, -0.1) is 0 Å². The lowest BCUT2D eigenvalue weighted by Crippen LogP contribution is -2.06. The average Bonchev–Trinajstić information content (AvgIpc) is 2.46. The van der Waals surface area contributed by atoms with Gasteiger partial charge < -0.3 is 4.74 Å². The predicted molar refractivity (Wildman–Crippen MR) is 77.5 cm³/mol. The van der Waals surface area contributed by atoms with E-state index < -0.39 is 0 Å². The molecular weight excluding hydrogens is 256 g/mol. The zero-order valence-electron chi connectivity index (χ0n) is 10.4. The molecule has 0 N–H and O–H groups in total. The molecule has 96 valence electrons. The molecule has 2 nitrogen and oxygen atoms in total. The molecule has 3 heteroatoms. The zero-order chi connectivity index (χ0) is 13.5. The smallest absolute Gasteiger partial charge is 0.339 e. The van der Waals surface area contributed by atoms with E-state index in [2.05, 4.69) is 6.58 Å². The number of ether oxygens (including phenoxy) is 1. The van der Waals surface area contributed by atoms with Crippen molar-refractivity contribution in [1.29, 1.82) is 0 Å². The van der Waals surface area contributed by atoms with E-state index in [9.17, 15) is 4.79 Å². The number of carbonyl (C=O) groups excluding carboxylic acids is 1. The van der Waals surface area contributed by atoms with Crippen LogP contribution in [0.4, 0.5) is 0 Å². The van der Waals surface area contributed by atoms with E-state index in [0.29, 0.717) is 5.56 Å². The van der Waals surface area contributed by atoms with Crippen LogP contribution in [0.15, 0.2) is 77.0 Å². The first kappa shape index (κ1) is 13.4. The molecule has 0 aliphatic rings. The van der Waals surface area contributed by atoms with E-state index in [-0.39, 0.29) is 12.6 Å². The molecule has 0 bridgehead atoms. The summed E-state index contributed by atoms with van der Waals surface area (Å²) in [4.78, 5) is 13.9. The van der Waals surface area contributed by atoms with Crippen LogP contribution in [-0.4, -0.2) is 12.6 Å². The van der Waals surface area contributed by atoms with Crippen molar-refractivity contribution in [2.75, 3.05) is 6.61 Å². The second kappa shape index (κ2) is 6.81. The molecule has 0 unspecified atom stereocenters. The van der Waals surface area contributed by atoms with Crippen molar-refractivity contribution in [1.82, 2.24) is 0 Å². The minimum Gasteiger partial charge on any atom is -0.458 e. The van der Waals surface area contributed by atoms with Crippen LogP contribution in [0.2, 0.25) is 0 Å². The number of hydrogen-bond acceptors (Lipinski definition) is 3. The Morgan fingerprint density at radius 3 is 2.53 bits per heavy atom. The van der Waals surface area contributed by atoms with Crippen LogP contribution >= 0.6 is 11.8 Å². The Kier molecular flexibility index (Phi) is 4.81. The number of rotatable bonds is 5. The standard InChI is InChI=1S/C16H14O2S/c1-2-12-18-16(17)14-10-6-7-11-15(14)19-13-8-4-3-5-9-13/h2-11H,1,12H2. The maximum atomic E-state index is 11.9. The second-order valence-corrected chi connectivity index (χ2v) is 4.91. The van der Waals surface area contributed by atoms with Crippen molar-refractivity contribution < 1.29 is 9.53 Å². The molecule has 0 fully saturated rings. The molecule has 0 amide bonds. The number of hydrogen-bond donors (Lipinski definition) is 0. The van der Waals surface area contributed by atoms with Crippen LogP contribution < -0.4 is 0 Å². The lowest BCUT2D eigenvalue weighted by molar-refractivity contribution is 0.0545. The Morgan fingerprint density at radius 1 is 1.11 bits per heavy atom. The molecule has 19 heavy (non-hydrogen) atoms. The van der Waals surface area contributed by atoms with Crippen LogP contribution in [0.25, 0.3) is 0 Å². The van der Waals surface area contributed by atoms with Crippen molar-refractivity contribution in [3.63, 3.8) is 0 Å². The predicted octanol–water partition coefficient (Wildman–Crippen LogP) is 4.18. The highest BCUT2D eigenvalue weighted by Crippen LogP contribution is 2.30. The quantitative estimate of drug-likeness (QED) is 0.602. The van der Waals surface area contributed by atoms with E-state index in [4.69, 9.17) is 4.74 Å². The van der Waals surface area contributed by atoms with Gasteiger partial charge in [-0.3, -0.25) is 0 Å². The molecule has 2 rings (SSSR count). The highest BCUT2D eigenvalue weighted by Gasteiger charge is 2.12. The van der Waals surface area contributed by atoms with Crippen molar-refractivity contribution in [3.05, 3.63) is 72.8 Å². The Bertz CT molecular complexity index is 564. The normalized spacial score (nSPS) is 9.89. The third kappa shape index (κ3) is 3.73. The monoisotopic (exact) mass is 270 g/mol. The highest BCUT2D eigenvalue weighted by molar-refractivity contribution is 7.99. The minimum atomic E-state index is -0.320. The SMILES string of the molecule is C=CCOC(=O)c1ccccc1Sc1ccccc1. The van der Waals surface area contributed by atoms with Crippen molar-refractivity contribution in [2.45, 2.75) is 9.79 Å². The van der Waals surface area contributed by atoms with E-state index in [1.54, 1.807) is 23.9 Å². The van der Waals surface area contributed by atoms with E-state index >= 15 is 0 Å². The summed E-state index contributed by atoms with van der Waals surface area (Å²) in [5, 5.41) is 0. The molecule has 0 aliphatic heterocycles. The van der Waals surface area contributed by atoms with E-state index in [0.717, 1.165) is 9.79 Å². The molecule has 0 spiro atoms. The first-order chi connectivity index (χ1) is 9.31. The van der Waals surface area contributed by atoms with Gasteiger partial charge in [-0.1, -0.05) is 54.7 Å². The highest BCUT2D eigenvalue weighted by atomic mass is 32.2. The number of benzene rings is 2. The largest absolute Gasteiger partial charge is 0.458 e. The number of carbonyl (C=O) groups is 1. The van der Waals surface area contributed by atoms with Crippen LogP contribution in [0, 0.1) is 0 Å². The summed E-state index contributed by atoms with van der Waals surface area (Å²) >= 11 is 1.55. The van der Waals surface area contributed by atoms with Gasteiger partial charge in [-0.25, -0.2) is 4.79 Å². The zero-order valence-corrected chi connectivity index (χ0v) is 11.2. The van der Waals surface area contributed by atoms with E-state index in [1.807, 2.05) is 48.5 Å². The van der Waals surface area contributed by atoms with Crippen LogP contribution in [0.1, 0.15) is 10.4 Å². The fourth-order valence-electron chi connectivity index (χ4n) is 1.55. The molecule has 2 aromatic rings. The van der Waals surface area contributed by atoms with Crippen LogP contribution in [0.5, 0.6) is 0 Å². The summed E-state index contributed by atoms with van der Waals surface area (Å²) < 4.78 is 5.09. The summed E-state index contributed by atoms with van der Waals surface area (Å²) in [6, 6.07) is 17.4. The first-order valence-corrected chi connectivity index (χ1v) is 6.73. The van der Waals surface area contributed by atoms with Gasteiger partial charge in [-0.2, -0.15) is 0 Å². The van der Waals surface area contributed by atoms with Gasteiger partial charge in [0.15, 0.2) is 0 Å². The summed E-state index contributed by atoms with van der Waals surface area (Å²) in [5.74, 6) is -0.320. The Labute approximate surface area is 117 Å². The molecule has 0 heterocycles. The van der Waals surface area contributed by atoms with Gasteiger partial charge in [0, 0.05) is 9.79 Å². The molecular formula is C16H14O2S. The molecule has 0 radical (unpaired) electrons. The Balaban J connectivity index is 2.21. The maximum absolute atomic E-state index is 11.9. The Hall–Kier alpha value is -2.00. The minimum absolute atomic E-state index is 0.225. The molecule has 0 aliphatic carbocycles. The van der Waals surface area contributed by atoms with Crippen molar-refractivity contribution in [2.24, 2.45) is 0 Å². The van der Waals surface area contributed by atoms with Gasteiger partial charge in [0.05, 0.1) is 5.56 Å². The molecule has 0 atom stereocenters.